The minimum absolute atomic E-state index is 0.142. The summed E-state index contributed by atoms with van der Waals surface area (Å²) in [5, 5.41) is 9.18. The van der Waals surface area contributed by atoms with Gasteiger partial charge in [0.05, 0.1) is 20.8 Å². The average Bonchev–Trinajstić information content (AvgIpc) is 2.49. The second-order valence-electron chi connectivity index (χ2n) is 4.58. The van der Waals surface area contributed by atoms with Crippen molar-refractivity contribution in [1.29, 1.82) is 0 Å². The van der Waals surface area contributed by atoms with Crippen molar-refractivity contribution in [2.45, 2.75) is 18.7 Å². The molecular weight excluding hydrogens is 278 g/mol. The van der Waals surface area contributed by atoms with Crippen LogP contribution in [0.3, 0.4) is 0 Å². The normalized spacial score (nSPS) is 20.9. The number of nitrogens with zero attached hydrogens (tertiary/aromatic N) is 1. The van der Waals surface area contributed by atoms with Crippen molar-refractivity contribution < 1.29 is 28.9 Å². The largest absolute Gasteiger partial charge is 0.497 e. The van der Waals surface area contributed by atoms with Gasteiger partial charge in [-0.1, -0.05) is 0 Å². The molecule has 7 heteroatoms. The van der Waals surface area contributed by atoms with E-state index >= 15 is 0 Å². The Balaban J connectivity index is 2.21. The number of likely N-dealkylation sites (tertiary alicyclic amines) is 1. The Hall–Kier alpha value is -2.28. The molecule has 1 aliphatic heterocycles. The summed E-state index contributed by atoms with van der Waals surface area (Å²) in [5.74, 6) is -0.279. The predicted molar refractivity (Wildman–Crippen MR) is 72.3 cm³/mol. The molecule has 1 aromatic rings. The van der Waals surface area contributed by atoms with Gasteiger partial charge in [0, 0.05) is 18.7 Å². The monoisotopic (exact) mass is 295 g/mol. The number of benzene rings is 1. The molecule has 21 heavy (non-hydrogen) atoms. The van der Waals surface area contributed by atoms with E-state index in [1.54, 1.807) is 18.2 Å². The molecule has 1 fully saturated rings. The number of β-lactam (4-membered cyclic amide) rings is 1. The number of amides is 1. The number of hydrogen-bond acceptors (Lipinski definition) is 5. The first-order chi connectivity index (χ1) is 10.0. The number of carboxylic acids is 1. The van der Waals surface area contributed by atoms with E-state index in [1.807, 2.05) is 0 Å². The van der Waals surface area contributed by atoms with Gasteiger partial charge < -0.3 is 24.2 Å². The molecule has 2 atom stereocenters. The molecule has 2 unspecified atom stereocenters. The molecule has 1 heterocycles. The second kappa shape index (κ2) is 6.01. The number of methoxy groups -OCH3 is 3. The van der Waals surface area contributed by atoms with Gasteiger partial charge in [0.25, 0.3) is 5.91 Å². The van der Waals surface area contributed by atoms with E-state index in [0.717, 1.165) is 0 Å². The lowest BCUT2D eigenvalue weighted by molar-refractivity contribution is -0.183. The van der Waals surface area contributed by atoms with Crippen molar-refractivity contribution in [3.63, 3.8) is 0 Å². The number of rotatable bonds is 6. The zero-order valence-corrected chi connectivity index (χ0v) is 12.0. The number of carbonyl (C=O) groups excluding carboxylic acids is 1. The van der Waals surface area contributed by atoms with Gasteiger partial charge in [-0.2, -0.15) is 0 Å². The van der Waals surface area contributed by atoms with E-state index in [1.165, 1.54) is 26.2 Å². The Morgan fingerprint density at radius 3 is 2.52 bits per heavy atom. The molecule has 2 rings (SSSR count). The molecule has 1 aromatic carbocycles. The molecular formula is C14H17NO6. The highest BCUT2D eigenvalue weighted by molar-refractivity contribution is 5.98. The van der Waals surface area contributed by atoms with Crippen molar-refractivity contribution in [2.75, 3.05) is 21.3 Å². The minimum Gasteiger partial charge on any atom is -0.497 e. The van der Waals surface area contributed by atoms with Crippen LogP contribution in [0.2, 0.25) is 0 Å². The molecule has 0 bridgehead atoms. The van der Waals surface area contributed by atoms with Crippen LogP contribution in [0.5, 0.6) is 11.5 Å². The highest BCUT2D eigenvalue weighted by Crippen LogP contribution is 2.30. The van der Waals surface area contributed by atoms with Crippen molar-refractivity contribution in [3.05, 3.63) is 23.8 Å². The Bertz CT molecular complexity index is 558. The maximum Gasteiger partial charge on any atom is 0.329 e. The Labute approximate surface area is 122 Å². The van der Waals surface area contributed by atoms with E-state index in [4.69, 9.17) is 14.2 Å². The van der Waals surface area contributed by atoms with Gasteiger partial charge in [-0.15, -0.1) is 0 Å². The number of carbonyl (C=O) groups is 2. The van der Waals surface area contributed by atoms with E-state index in [0.29, 0.717) is 17.1 Å². The van der Waals surface area contributed by atoms with Gasteiger partial charge >= 0.3 is 5.97 Å². The molecule has 1 N–H and O–H groups in total. The van der Waals surface area contributed by atoms with E-state index < -0.39 is 18.1 Å². The predicted octanol–water partition coefficient (Wildman–Crippen LogP) is 0.514. The fourth-order valence-corrected chi connectivity index (χ4v) is 2.35. The van der Waals surface area contributed by atoms with Crippen LogP contribution >= 0.6 is 0 Å². The van der Waals surface area contributed by atoms with Crippen LogP contribution in [0.4, 0.5) is 0 Å². The zero-order valence-electron chi connectivity index (χ0n) is 12.0. The third kappa shape index (κ3) is 2.64. The molecule has 0 aromatic heterocycles. The van der Waals surface area contributed by atoms with Crippen LogP contribution in [0.1, 0.15) is 5.56 Å². The minimum atomic E-state index is -1.09. The molecule has 0 saturated carbocycles. The number of ether oxygens (including phenoxy) is 3. The summed E-state index contributed by atoms with van der Waals surface area (Å²) in [6.07, 6.45) is -0.924. The molecule has 1 saturated heterocycles. The SMILES string of the molecule is COc1ccc(CN2C(=O)C(OC)C2C(=O)O)c(OC)c1. The molecule has 0 aliphatic carbocycles. The first kappa shape index (κ1) is 15.1. The van der Waals surface area contributed by atoms with Crippen molar-refractivity contribution in [2.24, 2.45) is 0 Å². The summed E-state index contributed by atoms with van der Waals surface area (Å²) < 4.78 is 15.3. The highest BCUT2D eigenvalue weighted by Gasteiger charge is 2.52. The van der Waals surface area contributed by atoms with Gasteiger partial charge in [0.15, 0.2) is 12.1 Å². The Kier molecular flexibility index (Phi) is 4.32. The number of hydrogen-bond donors (Lipinski definition) is 1. The lowest BCUT2D eigenvalue weighted by atomic mass is 9.96. The first-order valence-electron chi connectivity index (χ1n) is 6.30. The summed E-state index contributed by atoms with van der Waals surface area (Å²) in [6, 6.07) is 4.17. The standard InChI is InChI=1S/C14H17NO6/c1-19-9-5-4-8(10(6-9)20-2)7-15-11(14(17)18)12(21-3)13(15)16/h4-6,11-12H,7H2,1-3H3,(H,17,18). The molecule has 7 nitrogen and oxygen atoms in total. The molecule has 0 spiro atoms. The quantitative estimate of drug-likeness (QED) is 0.770. The van der Waals surface area contributed by atoms with E-state index in [-0.39, 0.29) is 12.5 Å². The van der Waals surface area contributed by atoms with Crippen LogP contribution < -0.4 is 9.47 Å². The average molecular weight is 295 g/mol. The van der Waals surface area contributed by atoms with Crippen LogP contribution in [0, 0.1) is 0 Å². The van der Waals surface area contributed by atoms with Gasteiger partial charge in [-0.25, -0.2) is 4.79 Å². The fourth-order valence-electron chi connectivity index (χ4n) is 2.35. The van der Waals surface area contributed by atoms with Crippen LogP contribution in [-0.2, 0) is 20.9 Å². The van der Waals surface area contributed by atoms with Crippen LogP contribution in [-0.4, -0.2) is 55.4 Å². The van der Waals surface area contributed by atoms with Gasteiger partial charge in [0.1, 0.15) is 11.5 Å². The molecule has 1 aliphatic rings. The highest BCUT2D eigenvalue weighted by atomic mass is 16.5. The Morgan fingerprint density at radius 1 is 1.29 bits per heavy atom. The maximum atomic E-state index is 11.9. The van der Waals surface area contributed by atoms with Gasteiger partial charge in [0.2, 0.25) is 0 Å². The fraction of sp³-hybridized carbons (Fsp3) is 0.429. The first-order valence-corrected chi connectivity index (χ1v) is 6.30. The van der Waals surface area contributed by atoms with Crippen molar-refractivity contribution in [3.8, 4) is 11.5 Å². The van der Waals surface area contributed by atoms with E-state index in [2.05, 4.69) is 0 Å². The Morgan fingerprint density at radius 2 is 2.00 bits per heavy atom. The smallest absolute Gasteiger partial charge is 0.329 e. The maximum absolute atomic E-state index is 11.9. The second-order valence-corrected chi connectivity index (χ2v) is 4.58. The summed E-state index contributed by atoms with van der Waals surface area (Å²) in [4.78, 5) is 24.4. The summed E-state index contributed by atoms with van der Waals surface area (Å²) >= 11 is 0. The van der Waals surface area contributed by atoms with Crippen LogP contribution in [0.25, 0.3) is 0 Å². The summed E-state index contributed by atoms with van der Waals surface area (Å²) in [6.45, 7) is 0.142. The number of aliphatic carboxylic acids is 1. The molecule has 0 radical (unpaired) electrons. The lowest BCUT2D eigenvalue weighted by Crippen LogP contribution is -2.67. The molecule has 114 valence electrons. The third-order valence-corrected chi connectivity index (χ3v) is 3.49. The number of carboxylic acid groups (broad SMARTS) is 1. The van der Waals surface area contributed by atoms with Crippen molar-refractivity contribution in [1.82, 2.24) is 4.90 Å². The van der Waals surface area contributed by atoms with Gasteiger partial charge in [-0.3, -0.25) is 4.79 Å². The van der Waals surface area contributed by atoms with Crippen molar-refractivity contribution >= 4 is 11.9 Å². The zero-order chi connectivity index (χ0) is 15.6. The summed E-state index contributed by atoms with van der Waals surface area (Å²) in [7, 11) is 4.36. The lowest BCUT2D eigenvalue weighted by Gasteiger charge is -2.43. The topological polar surface area (TPSA) is 85.3 Å². The summed E-state index contributed by atoms with van der Waals surface area (Å²) in [5.41, 5.74) is 0.701. The van der Waals surface area contributed by atoms with Crippen LogP contribution in [0.15, 0.2) is 18.2 Å². The molecule has 1 amide bonds. The van der Waals surface area contributed by atoms with E-state index in [9.17, 15) is 14.7 Å². The third-order valence-electron chi connectivity index (χ3n) is 3.49. The van der Waals surface area contributed by atoms with Gasteiger partial charge in [-0.05, 0) is 12.1 Å².